The Bertz CT molecular complexity index is 820. The number of thiocarbonyl (C=S) groups is 1. The summed E-state index contributed by atoms with van der Waals surface area (Å²) in [6.45, 7) is 0. The zero-order valence-electron chi connectivity index (χ0n) is 12.2. The second-order valence-electron chi connectivity index (χ2n) is 4.71. The van der Waals surface area contributed by atoms with Gasteiger partial charge in [-0.15, -0.1) is 0 Å². The quantitative estimate of drug-likeness (QED) is 0.582. The van der Waals surface area contributed by atoms with Crippen molar-refractivity contribution in [3.63, 3.8) is 0 Å². The highest BCUT2D eigenvalue weighted by atomic mass is 35.5. The summed E-state index contributed by atoms with van der Waals surface area (Å²) < 4.78 is 5.78. The fourth-order valence-electron chi connectivity index (χ4n) is 2.24. The zero-order valence-corrected chi connectivity index (χ0v) is 14.5. The maximum absolute atomic E-state index is 12.7. The summed E-state index contributed by atoms with van der Waals surface area (Å²) in [5, 5.41) is 0.488. The average Bonchev–Trinajstić information content (AvgIpc) is 2.83. The van der Waals surface area contributed by atoms with Gasteiger partial charge in [0.25, 0.3) is 5.91 Å². The van der Waals surface area contributed by atoms with Gasteiger partial charge in [0.05, 0.1) is 22.7 Å². The first-order valence-electron chi connectivity index (χ1n) is 6.77. The molecule has 1 saturated heterocycles. The van der Waals surface area contributed by atoms with Gasteiger partial charge in [-0.05, 0) is 24.3 Å². The van der Waals surface area contributed by atoms with Crippen LogP contribution in [0, 0.1) is 0 Å². The molecule has 1 fully saturated rings. The Morgan fingerprint density at radius 1 is 1.17 bits per heavy atom. The molecule has 0 aromatic heterocycles. The van der Waals surface area contributed by atoms with E-state index in [4.69, 9.17) is 28.6 Å². The monoisotopic (exact) mass is 361 g/mol. The maximum atomic E-state index is 12.7. The van der Waals surface area contributed by atoms with Crippen molar-refractivity contribution < 1.29 is 9.53 Å². The summed E-state index contributed by atoms with van der Waals surface area (Å²) in [6, 6.07) is 14.7. The maximum Gasteiger partial charge on any atom is 0.270 e. The molecular formula is C17H12ClNO2S2. The first-order valence-corrected chi connectivity index (χ1v) is 8.37. The van der Waals surface area contributed by atoms with Crippen LogP contribution in [0.2, 0.25) is 5.02 Å². The van der Waals surface area contributed by atoms with E-state index in [1.807, 2.05) is 36.4 Å². The first kappa shape index (κ1) is 16.1. The number of carbonyl (C=O) groups is 1. The summed E-state index contributed by atoms with van der Waals surface area (Å²) in [5.74, 6) is 0.523. The topological polar surface area (TPSA) is 29.5 Å². The van der Waals surface area contributed by atoms with Gasteiger partial charge in [-0.1, -0.05) is 65.9 Å². The molecule has 0 unspecified atom stereocenters. The summed E-state index contributed by atoms with van der Waals surface area (Å²) in [7, 11) is 1.60. The number of anilines is 1. The summed E-state index contributed by atoms with van der Waals surface area (Å²) in [6.07, 6.45) is 1.79. The van der Waals surface area contributed by atoms with Gasteiger partial charge in [0.2, 0.25) is 0 Å². The molecule has 0 spiro atoms. The van der Waals surface area contributed by atoms with E-state index in [1.165, 1.54) is 16.7 Å². The third kappa shape index (κ3) is 3.13. The van der Waals surface area contributed by atoms with Gasteiger partial charge in [0.1, 0.15) is 5.75 Å². The van der Waals surface area contributed by atoms with Crippen molar-refractivity contribution in [1.82, 2.24) is 0 Å². The lowest BCUT2D eigenvalue weighted by atomic mass is 10.2. The fourth-order valence-corrected chi connectivity index (χ4v) is 3.73. The molecule has 0 atom stereocenters. The van der Waals surface area contributed by atoms with Crippen molar-refractivity contribution in [3.05, 3.63) is 64.0 Å². The number of amides is 1. The minimum absolute atomic E-state index is 0.181. The molecule has 0 radical (unpaired) electrons. The molecule has 2 aromatic carbocycles. The molecule has 23 heavy (non-hydrogen) atoms. The summed E-state index contributed by atoms with van der Waals surface area (Å²) in [5.41, 5.74) is 1.43. The summed E-state index contributed by atoms with van der Waals surface area (Å²) in [4.78, 5) is 14.7. The Balaban J connectivity index is 1.99. The van der Waals surface area contributed by atoms with E-state index in [9.17, 15) is 4.79 Å². The lowest BCUT2D eigenvalue weighted by molar-refractivity contribution is -0.113. The van der Waals surface area contributed by atoms with E-state index in [2.05, 4.69) is 0 Å². The van der Waals surface area contributed by atoms with Gasteiger partial charge in [-0.25, -0.2) is 0 Å². The largest absolute Gasteiger partial charge is 0.496 e. The Morgan fingerprint density at radius 2 is 1.87 bits per heavy atom. The molecule has 3 rings (SSSR count). The van der Waals surface area contributed by atoms with Crippen LogP contribution in [0.4, 0.5) is 5.69 Å². The minimum Gasteiger partial charge on any atom is -0.496 e. The molecule has 6 heteroatoms. The van der Waals surface area contributed by atoms with Gasteiger partial charge >= 0.3 is 0 Å². The molecule has 0 aliphatic carbocycles. The van der Waals surface area contributed by atoms with Gasteiger partial charge in [0.15, 0.2) is 4.32 Å². The number of halogens is 1. The zero-order chi connectivity index (χ0) is 16.4. The molecule has 1 aliphatic rings. The number of hydrogen-bond acceptors (Lipinski definition) is 4. The molecule has 1 aliphatic heterocycles. The number of hydrogen-bond donors (Lipinski definition) is 0. The number of ether oxygens (including phenoxy) is 1. The van der Waals surface area contributed by atoms with E-state index >= 15 is 0 Å². The molecule has 2 aromatic rings. The molecule has 1 amide bonds. The van der Waals surface area contributed by atoms with Gasteiger partial charge in [0, 0.05) is 5.56 Å². The molecule has 116 valence electrons. The Hall–Kier alpha value is -1.82. The van der Waals surface area contributed by atoms with Crippen LogP contribution in [0.15, 0.2) is 53.4 Å². The predicted molar refractivity (Wildman–Crippen MR) is 100 cm³/mol. The van der Waals surface area contributed by atoms with Crippen LogP contribution < -0.4 is 9.64 Å². The van der Waals surface area contributed by atoms with E-state index in [1.54, 1.807) is 25.3 Å². The lowest BCUT2D eigenvalue weighted by Gasteiger charge is -2.15. The van der Waals surface area contributed by atoms with Crippen molar-refractivity contribution in [2.75, 3.05) is 12.0 Å². The fraction of sp³-hybridized carbons (Fsp3) is 0.0588. The smallest absolute Gasteiger partial charge is 0.270 e. The Labute approximate surface area is 148 Å². The Morgan fingerprint density at radius 3 is 2.61 bits per heavy atom. The molecule has 1 heterocycles. The highest BCUT2D eigenvalue weighted by molar-refractivity contribution is 8.27. The van der Waals surface area contributed by atoms with Crippen molar-refractivity contribution in [3.8, 4) is 5.75 Å². The second kappa shape index (κ2) is 6.74. The van der Waals surface area contributed by atoms with Crippen LogP contribution >= 0.6 is 35.6 Å². The first-order chi connectivity index (χ1) is 11.1. The predicted octanol–water partition coefficient (Wildman–Crippen LogP) is 4.75. The summed E-state index contributed by atoms with van der Waals surface area (Å²) >= 11 is 12.8. The number of methoxy groups -OCH3 is 1. The van der Waals surface area contributed by atoms with E-state index in [-0.39, 0.29) is 5.91 Å². The number of nitrogens with zero attached hydrogens (tertiary/aromatic N) is 1. The van der Waals surface area contributed by atoms with Crippen LogP contribution in [0.5, 0.6) is 5.75 Å². The van der Waals surface area contributed by atoms with Crippen LogP contribution in [0.1, 0.15) is 5.56 Å². The third-order valence-electron chi connectivity index (χ3n) is 3.31. The SMILES string of the molecule is COc1ccccc1C=C1SC(=S)N(c2ccccc2Cl)C1=O. The molecule has 0 saturated carbocycles. The number of rotatable bonds is 3. The second-order valence-corrected chi connectivity index (χ2v) is 6.79. The lowest BCUT2D eigenvalue weighted by Crippen LogP contribution is -2.27. The third-order valence-corrected chi connectivity index (χ3v) is 4.93. The highest BCUT2D eigenvalue weighted by Crippen LogP contribution is 2.39. The number of thioether (sulfide) groups is 1. The van der Waals surface area contributed by atoms with Gasteiger partial charge in [-0.2, -0.15) is 0 Å². The molecular weight excluding hydrogens is 350 g/mol. The van der Waals surface area contributed by atoms with Crippen LogP contribution in [-0.4, -0.2) is 17.3 Å². The average molecular weight is 362 g/mol. The van der Waals surface area contributed by atoms with Gasteiger partial charge in [-0.3, -0.25) is 9.69 Å². The number of para-hydroxylation sites is 2. The number of benzene rings is 2. The minimum atomic E-state index is -0.181. The van der Waals surface area contributed by atoms with E-state index < -0.39 is 0 Å². The van der Waals surface area contributed by atoms with E-state index in [0.29, 0.717) is 25.7 Å². The van der Waals surface area contributed by atoms with Crippen molar-refractivity contribution >= 4 is 57.6 Å². The van der Waals surface area contributed by atoms with Crippen LogP contribution in [0.3, 0.4) is 0 Å². The Kier molecular flexibility index (Phi) is 4.71. The van der Waals surface area contributed by atoms with Crippen molar-refractivity contribution in [1.29, 1.82) is 0 Å². The molecule has 0 bridgehead atoms. The van der Waals surface area contributed by atoms with E-state index in [0.717, 1.165) is 5.56 Å². The highest BCUT2D eigenvalue weighted by Gasteiger charge is 2.34. The van der Waals surface area contributed by atoms with Crippen molar-refractivity contribution in [2.45, 2.75) is 0 Å². The standard InChI is InChI=1S/C17H12ClNO2S2/c1-21-14-9-5-2-6-11(14)10-15-16(20)19(17(22)23-15)13-8-4-3-7-12(13)18/h2-10H,1H3. The molecule has 0 N–H and O–H groups in total. The van der Waals surface area contributed by atoms with Crippen molar-refractivity contribution in [2.24, 2.45) is 0 Å². The van der Waals surface area contributed by atoms with Crippen LogP contribution in [0.25, 0.3) is 6.08 Å². The normalized spacial score (nSPS) is 16.3. The number of carbonyl (C=O) groups excluding carboxylic acids is 1. The van der Waals surface area contributed by atoms with Gasteiger partial charge < -0.3 is 4.74 Å². The molecule has 3 nitrogen and oxygen atoms in total. The van der Waals surface area contributed by atoms with Crippen LogP contribution in [-0.2, 0) is 4.79 Å².